The van der Waals surface area contributed by atoms with E-state index in [2.05, 4.69) is 10.1 Å². The van der Waals surface area contributed by atoms with Gasteiger partial charge in [-0.05, 0) is 32.9 Å². The number of esters is 1. The van der Waals surface area contributed by atoms with Crippen molar-refractivity contribution >= 4 is 17.8 Å². The lowest BCUT2D eigenvalue weighted by Gasteiger charge is -2.32. The number of carbonyl (C=O) groups excluding carboxylic acids is 3. The van der Waals surface area contributed by atoms with E-state index in [9.17, 15) is 14.4 Å². The lowest BCUT2D eigenvalue weighted by atomic mass is 10.0. The van der Waals surface area contributed by atoms with Crippen LogP contribution in [0.4, 0.5) is 0 Å². The molecular formula is C16H22N2O4. The van der Waals surface area contributed by atoms with Crippen LogP contribution in [-0.2, 0) is 14.3 Å². The zero-order chi connectivity index (χ0) is 16.9. The highest BCUT2D eigenvalue weighted by molar-refractivity contribution is 5.99. The first kappa shape index (κ1) is 17.7. The van der Waals surface area contributed by atoms with E-state index in [-0.39, 0.29) is 11.8 Å². The Morgan fingerprint density at radius 1 is 1.18 bits per heavy atom. The van der Waals surface area contributed by atoms with Crippen molar-refractivity contribution in [2.24, 2.45) is 0 Å². The van der Waals surface area contributed by atoms with Gasteiger partial charge in [-0.25, -0.2) is 4.79 Å². The molecule has 0 aromatic heterocycles. The second-order valence-electron chi connectivity index (χ2n) is 5.56. The topological polar surface area (TPSA) is 75.7 Å². The standard InChI is InChI=1S/C16H22N2O4/c1-11(14(20)22-5)18(4)15(21)16(2,3)17-13(19)12-9-7-6-8-10-12/h6-11H,1-5H3,(H,17,19)/t11-/m0/s1. The number of amides is 2. The average Bonchev–Trinajstić information content (AvgIpc) is 2.52. The monoisotopic (exact) mass is 306 g/mol. The number of nitrogens with one attached hydrogen (secondary N) is 1. The maximum Gasteiger partial charge on any atom is 0.328 e. The molecule has 0 aliphatic carbocycles. The highest BCUT2D eigenvalue weighted by Crippen LogP contribution is 2.12. The molecule has 0 unspecified atom stereocenters. The van der Waals surface area contributed by atoms with Crippen molar-refractivity contribution in [2.45, 2.75) is 32.4 Å². The van der Waals surface area contributed by atoms with Crippen LogP contribution in [0.3, 0.4) is 0 Å². The second kappa shape index (κ2) is 7.06. The Morgan fingerprint density at radius 2 is 1.73 bits per heavy atom. The smallest absolute Gasteiger partial charge is 0.328 e. The van der Waals surface area contributed by atoms with Gasteiger partial charge in [-0.3, -0.25) is 9.59 Å². The Hall–Kier alpha value is -2.37. The maximum atomic E-state index is 12.5. The molecule has 0 saturated heterocycles. The molecule has 2 amide bonds. The molecule has 6 nitrogen and oxygen atoms in total. The number of likely N-dealkylation sites (N-methyl/N-ethyl adjacent to an activating group) is 1. The summed E-state index contributed by atoms with van der Waals surface area (Å²) >= 11 is 0. The van der Waals surface area contributed by atoms with Gasteiger partial charge < -0.3 is 15.0 Å². The molecule has 0 fully saturated rings. The third-order valence-corrected chi connectivity index (χ3v) is 3.44. The highest BCUT2D eigenvalue weighted by atomic mass is 16.5. The van der Waals surface area contributed by atoms with Crippen LogP contribution in [0, 0.1) is 0 Å². The molecule has 0 saturated carbocycles. The lowest BCUT2D eigenvalue weighted by Crippen LogP contribution is -2.57. The molecule has 22 heavy (non-hydrogen) atoms. The zero-order valence-corrected chi connectivity index (χ0v) is 13.5. The summed E-state index contributed by atoms with van der Waals surface area (Å²) in [5.74, 6) is -1.24. The van der Waals surface area contributed by atoms with Crippen LogP contribution in [0.1, 0.15) is 31.1 Å². The Morgan fingerprint density at radius 3 is 2.23 bits per heavy atom. The van der Waals surface area contributed by atoms with Gasteiger partial charge in [-0.1, -0.05) is 18.2 Å². The van der Waals surface area contributed by atoms with Crippen LogP contribution in [0.15, 0.2) is 30.3 Å². The van der Waals surface area contributed by atoms with Crippen LogP contribution < -0.4 is 5.32 Å². The Labute approximate surface area is 130 Å². The largest absolute Gasteiger partial charge is 0.467 e. The lowest BCUT2D eigenvalue weighted by molar-refractivity contribution is -0.152. The Balaban J connectivity index is 2.82. The van der Waals surface area contributed by atoms with Gasteiger partial charge in [-0.15, -0.1) is 0 Å². The van der Waals surface area contributed by atoms with Crippen LogP contribution in [0.25, 0.3) is 0 Å². The Bertz CT molecular complexity index is 555. The fraction of sp³-hybridized carbons (Fsp3) is 0.438. The molecule has 120 valence electrons. The summed E-state index contributed by atoms with van der Waals surface area (Å²) in [6.45, 7) is 4.76. The molecule has 0 aliphatic heterocycles. The SMILES string of the molecule is COC(=O)[C@H](C)N(C)C(=O)C(C)(C)NC(=O)c1ccccc1. The zero-order valence-electron chi connectivity index (χ0n) is 13.5. The van der Waals surface area contributed by atoms with Crippen LogP contribution in [0.5, 0.6) is 0 Å². The van der Waals surface area contributed by atoms with Crippen LogP contribution in [0.2, 0.25) is 0 Å². The fourth-order valence-corrected chi connectivity index (χ4v) is 1.94. The minimum atomic E-state index is -1.15. The summed E-state index contributed by atoms with van der Waals surface area (Å²) in [7, 11) is 2.76. The molecule has 1 aromatic carbocycles. The number of ether oxygens (including phenoxy) is 1. The van der Waals surface area contributed by atoms with Crippen LogP contribution in [-0.4, -0.2) is 48.4 Å². The first-order valence-corrected chi connectivity index (χ1v) is 6.93. The summed E-state index contributed by atoms with van der Waals surface area (Å²) in [6, 6.07) is 7.89. The molecule has 0 spiro atoms. The number of hydrogen-bond acceptors (Lipinski definition) is 4. The van der Waals surface area contributed by atoms with E-state index in [1.807, 2.05) is 0 Å². The Kier molecular flexibility index (Phi) is 5.68. The van der Waals surface area contributed by atoms with Gasteiger partial charge in [0, 0.05) is 12.6 Å². The molecular weight excluding hydrogens is 284 g/mol. The molecule has 6 heteroatoms. The van der Waals surface area contributed by atoms with Crippen LogP contribution >= 0.6 is 0 Å². The van der Waals surface area contributed by atoms with Crippen molar-refractivity contribution in [3.63, 3.8) is 0 Å². The molecule has 0 heterocycles. The van der Waals surface area contributed by atoms with E-state index < -0.39 is 17.6 Å². The van der Waals surface area contributed by atoms with Crippen molar-refractivity contribution in [3.8, 4) is 0 Å². The van der Waals surface area contributed by atoms with E-state index in [1.165, 1.54) is 19.1 Å². The summed E-state index contributed by atoms with van der Waals surface area (Å²) in [4.78, 5) is 37.5. The van der Waals surface area contributed by atoms with Crippen molar-refractivity contribution in [2.75, 3.05) is 14.2 Å². The molecule has 1 rings (SSSR count). The third kappa shape index (κ3) is 4.07. The van der Waals surface area contributed by atoms with E-state index in [0.29, 0.717) is 5.56 Å². The van der Waals surface area contributed by atoms with E-state index in [0.717, 1.165) is 0 Å². The molecule has 0 bridgehead atoms. The number of nitrogens with zero attached hydrogens (tertiary/aromatic N) is 1. The number of benzene rings is 1. The van der Waals surface area contributed by atoms with E-state index >= 15 is 0 Å². The first-order chi connectivity index (χ1) is 10.2. The minimum Gasteiger partial charge on any atom is -0.467 e. The predicted molar refractivity (Wildman–Crippen MR) is 82.2 cm³/mol. The second-order valence-corrected chi connectivity index (χ2v) is 5.56. The third-order valence-electron chi connectivity index (χ3n) is 3.44. The van der Waals surface area contributed by atoms with Gasteiger partial charge in [0.05, 0.1) is 7.11 Å². The maximum absolute atomic E-state index is 12.5. The fourth-order valence-electron chi connectivity index (χ4n) is 1.94. The van der Waals surface area contributed by atoms with Gasteiger partial charge in [0.25, 0.3) is 5.91 Å². The van der Waals surface area contributed by atoms with Crippen molar-refractivity contribution < 1.29 is 19.1 Å². The molecule has 1 aromatic rings. The number of rotatable bonds is 5. The van der Waals surface area contributed by atoms with Gasteiger partial charge in [-0.2, -0.15) is 0 Å². The number of carbonyl (C=O) groups is 3. The summed E-state index contributed by atoms with van der Waals surface area (Å²) in [5, 5.41) is 2.68. The number of hydrogen-bond donors (Lipinski definition) is 1. The van der Waals surface area contributed by atoms with E-state index in [4.69, 9.17) is 0 Å². The van der Waals surface area contributed by atoms with Gasteiger partial charge in [0.2, 0.25) is 5.91 Å². The molecule has 1 N–H and O–H groups in total. The van der Waals surface area contributed by atoms with Crippen molar-refractivity contribution in [1.82, 2.24) is 10.2 Å². The van der Waals surface area contributed by atoms with Gasteiger partial charge in [0.1, 0.15) is 11.6 Å². The quantitative estimate of drug-likeness (QED) is 0.830. The van der Waals surface area contributed by atoms with E-state index in [1.54, 1.807) is 51.1 Å². The molecule has 0 radical (unpaired) electrons. The first-order valence-electron chi connectivity index (χ1n) is 6.93. The van der Waals surface area contributed by atoms with Gasteiger partial charge in [0.15, 0.2) is 0 Å². The minimum absolute atomic E-state index is 0.349. The number of methoxy groups -OCH3 is 1. The highest BCUT2D eigenvalue weighted by Gasteiger charge is 2.36. The summed E-state index contributed by atoms with van der Waals surface area (Å²) < 4.78 is 4.63. The van der Waals surface area contributed by atoms with Gasteiger partial charge >= 0.3 is 5.97 Å². The molecule has 0 aliphatic rings. The van der Waals surface area contributed by atoms with Crippen molar-refractivity contribution in [3.05, 3.63) is 35.9 Å². The summed E-state index contributed by atoms with van der Waals surface area (Å²) in [5.41, 5.74) is -0.684. The molecule has 1 atom stereocenters. The average molecular weight is 306 g/mol. The predicted octanol–water partition coefficient (Wildman–Crippen LogP) is 1.21. The normalized spacial score (nSPS) is 12.2. The van der Waals surface area contributed by atoms with Crippen molar-refractivity contribution in [1.29, 1.82) is 0 Å². The summed E-state index contributed by atoms with van der Waals surface area (Å²) in [6.07, 6.45) is 0.